The zero-order valence-electron chi connectivity index (χ0n) is 12.1. The van der Waals surface area contributed by atoms with Gasteiger partial charge in [-0.2, -0.15) is 11.8 Å². The van der Waals surface area contributed by atoms with E-state index in [4.69, 9.17) is 5.11 Å². The van der Waals surface area contributed by atoms with Crippen molar-refractivity contribution in [3.63, 3.8) is 0 Å². The molecule has 2 atom stereocenters. The number of nitrogens with one attached hydrogen (secondary N) is 2. The minimum Gasteiger partial charge on any atom is -0.480 e. The number of amides is 3. The molecule has 21 heavy (non-hydrogen) atoms. The van der Waals surface area contributed by atoms with Crippen LogP contribution in [0.5, 0.6) is 0 Å². The van der Waals surface area contributed by atoms with Crippen LogP contribution in [0.25, 0.3) is 0 Å². The van der Waals surface area contributed by atoms with Crippen molar-refractivity contribution in [1.29, 1.82) is 0 Å². The summed E-state index contributed by atoms with van der Waals surface area (Å²) in [5.74, 6) is -0.384. The highest BCUT2D eigenvalue weighted by Crippen LogP contribution is 2.10. The van der Waals surface area contributed by atoms with Gasteiger partial charge in [0.1, 0.15) is 6.04 Å². The van der Waals surface area contributed by atoms with Crippen LogP contribution in [0, 0.1) is 0 Å². The Hall–Kier alpha value is -1.64. The molecule has 0 spiro atoms. The molecule has 8 nitrogen and oxygen atoms in total. The zero-order valence-corrected chi connectivity index (χ0v) is 12.9. The van der Waals surface area contributed by atoms with Crippen molar-refractivity contribution in [1.82, 2.24) is 15.5 Å². The SMILES string of the molecule is COC(=O)NC1CCN(C(=O)NC(CCSC)C(=O)O)C1. The average molecular weight is 319 g/mol. The van der Waals surface area contributed by atoms with E-state index in [0.717, 1.165) is 0 Å². The van der Waals surface area contributed by atoms with Crippen LogP contribution in [0.2, 0.25) is 0 Å². The number of aliphatic carboxylic acids is 1. The van der Waals surface area contributed by atoms with Crippen molar-refractivity contribution in [2.45, 2.75) is 24.9 Å². The average Bonchev–Trinajstić information content (AvgIpc) is 2.91. The first kappa shape index (κ1) is 17.4. The van der Waals surface area contributed by atoms with E-state index < -0.39 is 24.1 Å². The van der Waals surface area contributed by atoms with E-state index >= 15 is 0 Å². The predicted octanol–water partition coefficient (Wildman–Crippen LogP) is 0.333. The zero-order chi connectivity index (χ0) is 15.8. The summed E-state index contributed by atoms with van der Waals surface area (Å²) in [4.78, 5) is 35.7. The topological polar surface area (TPSA) is 108 Å². The number of hydrogen-bond acceptors (Lipinski definition) is 5. The lowest BCUT2D eigenvalue weighted by molar-refractivity contribution is -0.139. The van der Waals surface area contributed by atoms with Gasteiger partial charge in [-0.1, -0.05) is 0 Å². The number of carboxylic acids is 1. The molecule has 0 aromatic rings. The fraction of sp³-hybridized carbons (Fsp3) is 0.750. The lowest BCUT2D eigenvalue weighted by Gasteiger charge is -2.21. The monoisotopic (exact) mass is 319 g/mol. The van der Waals surface area contributed by atoms with E-state index in [1.807, 2.05) is 6.26 Å². The lowest BCUT2D eigenvalue weighted by Crippen LogP contribution is -2.48. The number of likely N-dealkylation sites (tertiary alicyclic amines) is 1. The summed E-state index contributed by atoms with van der Waals surface area (Å²) in [5, 5.41) is 14.2. The van der Waals surface area contributed by atoms with Crippen LogP contribution < -0.4 is 10.6 Å². The molecule has 1 fully saturated rings. The highest BCUT2D eigenvalue weighted by Gasteiger charge is 2.29. The molecule has 1 heterocycles. The van der Waals surface area contributed by atoms with Gasteiger partial charge >= 0.3 is 18.1 Å². The normalized spacial score (nSPS) is 19.0. The van der Waals surface area contributed by atoms with Crippen LogP contribution in [-0.4, -0.2) is 72.4 Å². The smallest absolute Gasteiger partial charge is 0.407 e. The number of rotatable bonds is 6. The number of alkyl carbamates (subject to hydrolysis) is 1. The Bertz CT molecular complexity index is 393. The van der Waals surface area contributed by atoms with Gasteiger partial charge in [0.25, 0.3) is 0 Å². The summed E-state index contributed by atoms with van der Waals surface area (Å²) in [7, 11) is 1.28. The molecule has 1 rings (SSSR count). The highest BCUT2D eigenvalue weighted by molar-refractivity contribution is 7.98. The van der Waals surface area contributed by atoms with Crippen molar-refractivity contribution in [2.24, 2.45) is 0 Å². The maximum absolute atomic E-state index is 12.0. The molecule has 2 unspecified atom stereocenters. The Balaban J connectivity index is 2.44. The van der Waals surface area contributed by atoms with Crippen molar-refractivity contribution in [3.05, 3.63) is 0 Å². The van der Waals surface area contributed by atoms with Crippen LogP contribution in [0.4, 0.5) is 9.59 Å². The molecule has 0 aromatic heterocycles. The van der Waals surface area contributed by atoms with Gasteiger partial charge in [0.15, 0.2) is 0 Å². The molecule has 0 bridgehead atoms. The van der Waals surface area contributed by atoms with Crippen LogP contribution >= 0.6 is 11.8 Å². The van der Waals surface area contributed by atoms with E-state index in [1.165, 1.54) is 23.8 Å². The summed E-state index contributed by atoms with van der Waals surface area (Å²) in [6.07, 6.45) is 2.33. The first-order chi connectivity index (χ1) is 9.97. The van der Waals surface area contributed by atoms with E-state index in [0.29, 0.717) is 31.7 Å². The van der Waals surface area contributed by atoms with Crippen molar-refractivity contribution < 1.29 is 24.2 Å². The minimum absolute atomic E-state index is 0.169. The molecular formula is C12H21N3O5S. The van der Waals surface area contributed by atoms with Crippen LogP contribution in [0.1, 0.15) is 12.8 Å². The first-order valence-corrected chi connectivity index (χ1v) is 7.99. The molecule has 0 aromatic carbocycles. The van der Waals surface area contributed by atoms with Gasteiger partial charge in [0, 0.05) is 13.1 Å². The molecule has 1 aliphatic heterocycles. The molecule has 1 aliphatic rings. The number of carbonyl (C=O) groups is 3. The van der Waals surface area contributed by atoms with Gasteiger partial charge in [0.05, 0.1) is 13.2 Å². The fourth-order valence-corrected chi connectivity index (χ4v) is 2.49. The summed E-state index contributed by atoms with van der Waals surface area (Å²) < 4.78 is 4.50. The summed E-state index contributed by atoms with van der Waals surface area (Å²) in [5.41, 5.74) is 0. The van der Waals surface area contributed by atoms with Gasteiger partial charge in [0.2, 0.25) is 0 Å². The predicted molar refractivity (Wildman–Crippen MR) is 78.5 cm³/mol. The summed E-state index contributed by atoms with van der Waals surface area (Å²) in [6, 6.07) is -1.48. The Morgan fingerprint density at radius 3 is 2.76 bits per heavy atom. The standard InChI is InChI=1S/C12H21N3O5S/c1-20-12(19)13-8-3-5-15(7-8)11(18)14-9(10(16)17)4-6-21-2/h8-9H,3-7H2,1-2H3,(H,13,19)(H,14,18)(H,16,17). The van der Waals surface area contributed by atoms with Crippen LogP contribution in [0.3, 0.4) is 0 Å². The minimum atomic E-state index is -1.04. The Kier molecular flexibility index (Phi) is 7.13. The molecule has 3 amide bonds. The second kappa shape index (κ2) is 8.60. The molecule has 120 valence electrons. The van der Waals surface area contributed by atoms with Crippen molar-refractivity contribution in [2.75, 3.05) is 32.2 Å². The summed E-state index contributed by atoms with van der Waals surface area (Å²) >= 11 is 1.53. The second-order valence-corrected chi connectivity index (χ2v) is 5.67. The second-order valence-electron chi connectivity index (χ2n) is 4.69. The van der Waals surface area contributed by atoms with E-state index in [2.05, 4.69) is 15.4 Å². The third-order valence-electron chi connectivity index (χ3n) is 3.19. The molecule has 3 N–H and O–H groups in total. The van der Waals surface area contributed by atoms with Gasteiger partial charge in [-0.3, -0.25) is 0 Å². The first-order valence-electron chi connectivity index (χ1n) is 6.59. The number of carbonyl (C=O) groups excluding carboxylic acids is 2. The molecular weight excluding hydrogens is 298 g/mol. The Morgan fingerprint density at radius 1 is 1.48 bits per heavy atom. The van der Waals surface area contributed by atoms with E-state index in [9.17, 15) is 14.4 Å². The fourth-order valence-electron chi connectivity index (χ4n) is 2.02. The third-order valence-corrected chi connectivity index (χ3v) is 3.83. The van der Waals surface area contributed by atoms with Crippen molar-refractivity contribution >= 4 is 29.9 Å². The Labute approximate surface area is 127 Å². The molecule has 0 aliphatic carbocycles. The number of hydrogen-bond donors (Lipinski definition) is 3. The number of methoxy groups -OCH3 is 1. The number of urea groups is 1. The van der Waals surface area contributed by atoms with Gasteiger partial charge in [-0.15, -0.1) is 0 Å². The summed E-state index contributed by atoms with van der Waals surface area (Å²) in [6.45, 7) is 0.811. The maximum Gasteiger partial charge on any atom is 0.407 e. The largest absolute Gasteiger partial charge is 0.480 e. The van der Waals surface area contributed by atoms with Crippen molar-refractivity contribution in [3.8, 4) is 0 Å². The van der Waals surface area contributed by atoms with Crippen LogP contribution in [-0.2, 0) is 9.53 Å². The highest BCUT2D eigenvalue weighted by atomic mass is 32.2. The van der Waals surface area contributed by atoms with Crippen LogP contribution in [0.15, 0.2) is 0 Å². The number of ether oxygens (including phenoxy) is 1. The maximum atomic E-state index is 12.0. The third kappa shape index (κ3) is 5.70. The number of thioether (sulfide) groups is 1. The number of nitrogens with zero attached hydrogens (tertiary/aromatic N) is 1. The van der Waals surface area contributed by atoms with Gasteiger partial charge < -0.3 is 25.4 Å². The number of carboxylic acid groups (broad SMARTS) is 1. The molecule has 9 heteroatoms. The van der Waals surface area contributed by atoms with E-state index in [1.54, 1.807) is 0 Å². The lowest BCUT2D eigenvalue weighted by atomic mass is 10.2. The molecule has 0 radical (unpaired) electrons. The molecule has 0 saturated carbocycles. The molecule has 1 saturated heterocycles. The van der Waals surface area contributed by atoms with Gasteiger partial charge in [-0.05, 0) is 24.9 Å². The Morgan fingerprint density at radius 2 is 2.19 bits per heavy atom. The van der Waals surface area contributed by atoms with E-state index in [-0.39, 0.29) is 6.04 Å². The van der Waals surface area contributed by atoms with Gasteiger partial charge in [-0.25, -0.2) is 14.4 Å². The quantitative estimate of drug-likeness (QED) is 0.651.